The van der Waals surface area contributed by atoms with Crippen molar-refractivity contribution in [1.82, 2.24) is 15.2 Å². The summed E-state index contributed by atoms with van der Waals surface area (Å²) in [6, 6.07) is 12.2. The van der Waals surface area contributed by atoms with Gasteiger partial charge in [-0.15, -0.1) is 0 Å². The summed E-state index contributed by atoms with van der Waals surface area (Å²) < 4.78 is 5.41. The van der Waals surface area contributed by atoms with Crippen molar-refractivity contribution in [3.63, 3.8) is 0 Å². The smallest absolute Gasteiger partial charge is 0.332 e. The van der Waals surface area contributed by atoms with Crippen LogP contribution in [0.1, 0.15) is 68.1 Å². The van der Waals surface area contributed by atoms with Crippen LogP contribution in [0.5, 0.6) is 5.75 Å². The van der Waals surface area contributed by atoms with Crippen LogP contribution in [0.3, 0.4) is 0 Å². The van der Waals surface area contributed by atoms with E-state index in [0.29, 0.717) is 29.9 Å². The van der Waals surface area contributed by atoms with Gasteiger partial charge in [0, 0.05) is 23.5 Å². The highest BCUT2D eigenvalue weighted by Gasteiger charge is 2.59. The zero-order chi connectivity index (χ0) is 26.3. The third kappa shape index (κ3) is 3.95. The second kappa shape index (κ2) is 9.57. The Morgan fingerprint density at radius 3 is 2.73 bits per heavy atom. The number of H-pyrrole nitrogens is 1. The van der Waals surface area contributed by atoms with E-state index in [1.807, 2.05) is 25.1 Å². The lowest BCUT2D eigenvalue weighted by atomic mass is 9.87. The number of aromatic nitrogens is 1. The van der Waals surface area contributed by atoms with Crippen molar-refractivity contribution in [2.45, 2.75) is 64.5 Å². The molecule has 8 heteroatoms. The molecule has 37 heavy (non-hydrogen) atoms. The number of unbranched alkanes of at least 4 members (excludes halogenated alkanes) is 2. The summed E-state index contributed by atoms with van der Waals surface area (Å²) in [4.78, 5) is 47.3. The maximum atomic E-state index is 14.1. The van der Waals surface area contributed by atoms with Crippen molar-refractivity contribution in [3.8, 4) is 5.75 Å². The molecule has 194 valence electrons. The highest BCUT2D eigenvalue weighted by atomic mass is 16.5. The van der Waals surface area contributed by atoms with Crippen molar-refractivity contribution in [2.24, 2.45) is 0 Å². The number of hydrogen-bond donors (Lipinski definition) is 2. The predicted octanol–water partition coefficient (Wildman–Crippen LogP) is 5.12. The summed E-state index contributed by atoms with van der Waals surface area (Å²) in [5.74, 6) is 0.0861. The molecule has 2 aliphatic heterocycles. The first-order valence-corrected chi connectivity index (χ1v) is 13.1. The molecule has 0 spiro atoms. The molecular weight excluding hydrogens is 468 g/mol. The lowest BCUT2D eigenvalue weighted by Gasteiger charge is -2.35. The summed E-state index contributed by atoms with van der Waals surface area (Å²) in [6.07, 6.45) is 4.76. The van der Waals surface area contributed by atoms with Crippen molar-refractivity contribution < 1.29 is 19.1 Å². The standard InChI is InChI=1S/C29H34N4O4/c1-5-6-7-10-18(2)30-26(34)21-11-8-9-12-24(21)33-27(35)29(3)25-20(15-16-32(29)28(33)36)22-17-19(37-4)13-14-23(22)31-25/h8-9,11-14,17-18,31H,5-7,10,15-16H2,1-4H3,(H,30,34)/t18-,29+/m1/s1. The van der Waals surface area contributed by atoms with E-state index in [2.05, 4.69) is 17.2 Å². The summed E-state index contributed by atoms with van der Waals surface area (Å²) in [5, 5.41) is 4.04. The minimum Gasteiger partial charge on any atom is -0.497 e. The second-order valence-corrected chi connectivity index (χ2v) is 10.2. The van der Waals surface area contributed by atoms with E-state index >= 15 is 0 Å². The number of carbonyl (C=O) groups excluding carboxylic acids is 3. The first-order valence-electron chi connectivity index (χ1n) is 13.1. The molecule has 3 aromatic rings. The van der Waals surface area contributed by atoms with Crippen LogP contribution < -0.4 is 15.0 Å². The molecule has 0 radical (unpaired) electrons. The van der Waals surface area contributed by atoms with E-state index in [1.54, 1.807) is 43.2 Å². The van der Waals surface area contributed by atoms with Crippen LogP contribution in [-0.2, 0) is 16.8 Å². The Hall–Kier alpha value is -3.81. The molecule has 2 N–H and O–H groups in total. The predicted molar refractivity (Wildman–Crippen MR) is 143 cm³/mol. The van der Waals surface area contributed by atoms with Gasteiger partial charge in [0.05, 0.1) is 24.1 Å². The van der Waals surface area contributed by atoms with Crippen LogP contribution in [-0.4, -0.2) is 47.4 Å². The average molecular weight is 503 g/mol. The van der Waals surface area contributed by atoms with Gasteiger partial charge < -0.3 is 19.9 Å². The normalized spacial score (nSPS) is 19.7. The zero-order valence-corrected chi connectivity index (χ0v) is 21.9. The second-order valence-electron chi connectivity index (χ2n) is 10.2. The Kier molecular flexibility index (Phi) is 6.43. The number of carbonyl (C=O) groups is 3. The fourth-order valence-corrected chi connectivity index (χ4v) is 5.69. The molecule has 1 saturated heterocycles. The number of aromatic amines is 1. The summed E-state index contributed by atoms with van der Waals surface area (Å²) in [5.41, 5.74) is 2.05. The maximum Gasteiger partial charge on any atom is 0.332 e. The van der Waals surface area contributed by atoms with Crippen LogP contribution in [0.4, 0.5) is 10.5 Å². The monoisotopic (exact) mass is 502 g/mol. The van der Waals surface area contributed by atoms with Gasteiger partial charge in [-0.2, -0.15) is 0 Å². The number of benzene rings is 2. The van der Waals surface area contributed by atoms with E-state index in [9.17, 15) is 14.4 Å². The zero-order valence-electron chi connectivity index (χ0n) is 21.9. The number of nitrogens with one attached hydrogen (secondary N) is 2. The maximum absolute atomic E-state index is 14.1. The minimum atomic E-state index is -1.20. The van der Waals surface area contributed by atoms with Gasteiger partial charge in [-0.25, -0.2) is 9.69 Å². The van der Waals surface area contributed by atoms with Crippen molar-refractivity contribution in [2.75, 3.05) is 18.6 Å². The van der Waals surface area contributed by atoms with Crippen LogP contribution >= 0.6 is 0 Å². The number of rotatable bonds is 8. The number of amides is 4. The Morgan fingerprint density at radius 1 is 1.19 bits per heavy atom. The fourth-order valence-electron chi connectivity index (χ4n) is 5.69. The number of imide groups is 1. The Bertz CT molecular complexity index is 1380. The van der Waals surface area contributed by atoms with Gasteiger partial charge in [-0.05, 0) is 62.6 Å². The molecule has 0 unspecified atom stereocenters. The van der Waals surface area contributed by atoms with E-state index in [0.717, 1.165) is 47.9 Å². The molecule has 0 saturated carbocycles. The number of nitrogens with zero attached hydrogens (tertiary/aromatic N) is 2. The lowest BCUT2D eigenvalue weighted by molar-refractivity contribution is -0.125. The molecule has 2 aromatic carbocycles. The molecule has 5 rings (SSSR count). The van der Waals surface area contributed by atoms with E-state index in [4.69, 9.17) is 4.74 Å². The molecule has 3 heterocycles. The summed E-state index contributed by atoms with van der Waals surface area (Å²) in [6.45, 7) is 6.32. The molecule has 1 aromatic heterocycles. The molecule has 0 bridgehead atoms. The molecule has 1 fully saturated rings. The fraction of sp³-hybridized carbons (Fsp3) is 0.414. The quantitative estimate of drug-likeness (QED) is 0.330. The molecule has 2 aliphatic rings. The highest BCUT2D eigenvalue weighted by molar-refractivity contribution is 6.25. The Balaban J connectivity index is 1.50. The van der Waals surface area contributed by atoms with Crippen LogP contribution in [0.25, 0.3) is 10.9 Å². The lowest BCUT2D eigenvalue weighted by Crippen LogP contribution is -2.49. The average Bonchev–Trinajstić information content (AvgIpc) is 3.36. The number of ether oxygens (including phenoxy) is 1. The molecule has 4 amide bonds. The van der Waals surface area contributed by atoms with Gasteiger partial charge in [-0.3, -0.25) is 9.59 Å². The number of fused-ring (bicyclic) bond motifs is 5. The molecular formula is C29H34N4O4. The third-order valence-electron chi connectivity index (χ3n) is 7.77. The molecule has 2 atom stereocenters. The van der Waals surface area contributed by atoms with Crippen molar-refractivity contribution in [3.05, 3.63) is 59.3 Å². The van der Waals surface area contributed by atoms with Gasteiger partial charge in [0.15, 0.2) is 5.54 Å². The number of anilines is 1. The Labute approximate surface area is 217 Å². The Morgan fingerprint density at radius 2 is 1.97 bits per heavy atom. The SMILES string of the molecule is CCCCC[C@@H](C)NC(=O)c1ccccc1N1C(=O)N2CCc3c([nH]c4ccc(OC)cc34)[C@@]2(C)C1=O. The van der Waals surface area contributed by atoms with Crippen LogP contribution in [0.2, 0.25) is 0 Å². The van der Waals surface area contributed by atoms with Crippen LogP contribution in [0.15, 0.2) is 42.5 Å². The van der Waals surface area contributed by atoms with Gasteiger partial charge >= 0.3 is 6.03 Å². The third-order valence-corrected chi connectivity index (χ3v) is 7.77. The highest BCUT2D eigenvalue weighted by Crippen LogP contribution is 2.46. The van der Waals surface area contributed by atoms with E-state index < -0.39 is 11.6 Å². The molecule has 0 aliphatic carbocycles. The minimum absolute atomic E-state index is 0.00756. The van der Waals surface area contributed by atoms with E-state index in [1.165, 1.54) is 4.90 Å². The topological polar surface area (TPSA) is 94.7 Å². The molecule has 8 nitrogen and oxygen atoms in total. The van der Waals surface area contributed by atoms with Crippen molar-refractivity contribution in [1.29, 1.82) is 0 Å². The number of hydrogen-bond acceptors (Lipinski definition) is 4. The first-order chi connectivity index (χ1) is 17.8. The summed E-state index contributed by atoms with van der Waals surface area (Å²) in [7, 11) is 1.62. The van der Waals surface area contributed by atoms with E-state index in [-0.39, 0.29) is 17.9 Å². The van der Waals surface area contributed by atoms with Crippen molar-refractivity contribution >= 4 is 34.4 Å². The number of para-hydroxylation sites is 1. The number of methoxy groups -OCH3 is 1. The van der Waals surface area contributed by atoms with Crippen LogP contribution in [0, 0.1) is 0 Å². The van der Waals surface area contributed by atoms with Gasteiger partial charge in [0.25, 0.3) is 11.8 Å². The summed E-state index contributed by atoms with van der Waals surface area (Å²) >= 11 is 0. The van der Waals surface area contributed by atoms with Gasteiger partial charge in [-0.1, -0.05) is 38.3 Å². The first kappa shape index (κ1) is 24.9. The van der Waals surface area contributed by atoms with Gasteiger partial charge in [0.2, 0.25) is 0 Å². The number of urea groups is 1. The van der Waals surface area contributed by atoms with Gasteiger partial charge in [0.1, 0.15) is 5.75 Å². The largest absolute Gasteiger partial charge is 0.497 e.